The molecule has 1 amide bonds. The molecule has 0 aliphatic heterocycles. The Hall–Kier alpha value is -2.36. The van der Waals surface area contributed by atoms with E-state index in [1.807, 2.05) is 54.4 Å². The first kappa shape index (κ1) is 13.1. The van der Waals surface area contributed by atoms with E-state index in [9.17, 15) is 4.79 Å². The average Bonchev–Trinajstić information content (AvgIpc) is 2.48. The largest absolute Gasteiger partial charge is 0.364 e. The average molecular weight is 255 g/mol. The van der Waals surface area contributed by atoms with Crippen molar-refractivity contribution < 1.29 is 4.79 Å². The van der Waals surface area contributed by atoms with Crippen molar-refractivity contribution in [1.29, 1.82) is 0 Å². The van der Waals surface area contributed by atoms with E-state index in [-0.39, 0.29) is 5.91 Å². The van der Waals surface area contributed by atoms with Gasteiger partial charge in [-0.1, -0.05) is 18.2 Å². The van der Waals surface area contributed by atoms with Crippen LogP contribution in [0.3, 0.4) is 0 Å². The third-order valence-electron chi connectivity index (χ3n) is 2.98. The Morgan fingerprint density at radius 1 is 1.05 bits per heavy atom. The van der Waals surface area contributed by atoms with Crippen molar-refractivity contribution >= 4 is 17.3 Å². The zero-order chi connectivity index (χ0) is 13.7. The predicted molar refractivity (Wildman–Crippen MR) is 77.4 cm³/mol. The summed E-state index contributed by atoms with van der Waals surface area (Å²) in [6.45, 7) is 0.317. The summed E-state index contributed by atoms with van der Waals surface area (Å²) in [4.78, 5) is 19.8. The molecule has 4 heteroatoms. The highest BCUT2D eigenvalue weighted by Crippen LogP contribution is 2.13. The number of hydrogen-bond acceptors (Lipinski definition) is 3. The van der Waals surface area contributed by atoms with E-state index in [4.69, 9.17) is 0 Å². The van der Waals surface area contributed by atoms with Crippen molar-refractivity contribution in [3.05, 3.63) is 54.9 Å². The van der Waals surface area contributed by atoms with E-state index < -0.39 is 0 Å². The minimum absolute atomic E-state index is 0.0394. The molecular weight excluding hydrogens is 238 g/mol. The molecule has 0 aliphatic carbocycles. The number of carbonyl (C=O) groups is 1. The third-order valence-corrected chi connectivity index (χ3v) is 2.98. The van der Waals surface area contributed by atoms with Crippen molar-refractivity contribution in [2.45, 2.75) is 0 Å². The molecule has 98 valence electrons. The predicted octanol–water partition coefficient (Wildman–Crippen LogP) is 2.18. The molecule has 0 bridgehead atoms. The first-order chi connectivity index (χ1) is 9.18. The molecule has 0 radical (unpaired) electrons. The van der Waals surface area contributed by atoms with Crippen LogP contribution in [0.25, 0.3) is 0 Å². The van der Waals surface area contributed by atoms with Gasteiger partial charge in [0, 0.05) is 26.0 Å². The van der Waals surface area contributed by atoms with Gasteiger partial charge >= 0.3 is 0 Å². The minimum Gasteiger partial charge on any atom is -0.364 e. The van der Waals surface area contributed by atoms with Crippen LogP contribution in [-0.4, -0.2) is 31.5 Å². The maximum absolute atomic E-state index is 12.2. The van der Waals surface area contributed by atoms with Crippen molar-refractivity contribution in [1.82, 2.24) is 4.98 Å². The highest BCUT2D eigenvalue weighted by Gasteiger charge is 2.13. The number of amides is 1. The first-order valence-corrected chi connectivity index (χ1v) is 6.11. The molecule has 2 aromatic rings. The summed E-state index contributed by atoms with van der Waals surface area (Å²) in [7, 11) is 3.67. The Morgan fingerprint density at radius 2 is 1.74 bits per heavy atom. The fraction of sp³-hybridized carbons (Fsp3) is 0.200. The molecule has 1 aromatic heterocycles. The molecule has 1 aromatic carbocycles. The van der Waals surface area contributed by atoms with E-state index >= 15 is 0 Å². The Balaban J connectivity index is 2.02. The second kappa shape index (κ2) is 6.00. The number of aromatic nitrogens is 1. The van der Waals surface area contributed by atoms with E-state index in [0.29, 0.717) is 6.54 Å². The van der Waals surface area contributed by atoms with Gasteiger partial charge in [0.25, 0.3) is 0 Å². The van der Waals surface area contributed by atoms with Crippen molar-refractivity contribution in [3.8, 4) is 0 Å². The van der Waals surface area contributed by atoms with Crippen molar-refractivity contribution in [3.63, 3.8) is 0 Å². The zero-order valence-electron chi connectivity index (χ0n) is 11.2. The van der Waals surface area contributed by atoms with Gasteiger partial charge in [0.05, 0.1) is 18.4 Å². The second-order valence-corrected chi connectivity index (χ2v) is 4.36. The lowest BCUT2D eigenvalue weighted by Crippen LogP contribution is -2.36. The lowest BCUT2D eigenvalue weighted by molar-refractivity contribution is -0.117. The number of benzene rings is 1. The standard InChI is InChI=1S/C15H17N3O/c1-17(14-9-6-10-16-11-14)12-15(19)18(2)13-7-4-3-5-8-13/h3-11H,12H2,1-2H3. The maximum Gasteiger partial charge on any atom is 0.246 e. The summed E-state index contributed by atoms with van der Waals surface area (Å²) < 4.78 is 0. The summed E-state index contributed by atoms with van der Waals surface area (Å²) >= 11 is 0. The first-order valence-electron chi connectivity index (χ1n) is 6.11. The summed E-state index contributed by atoms with van der Waals surface area (Å²) in [5, 5.41) is 0. The molecule has 4 nitrogen and oxygen atoms in total. The summed E-state index contributed by atoms with van der Waals surface area (Å²) in [5.74, 6) is 0.0394. The number of rotatable bonds is 4. The van der Waals surface area contributed by atoms with Crippen LogP contribution in [0.4, 0.5) is 11.4 Å². The normalized spacial score (nSPS) is 10.0. The van der Waals surface area contributed by atoms with Crippen LogP contribution in [0.1, 0.15) is 0 Å². The lowest BCUT2D eigenvalue weighted by Gasteiger charge is -2.23. The highest BCUT2D eigenvalue weighted by atomic mass is 16.2. The van der Waals surface area contributed by atoms with Crippen LogP contribution < -0.4 is 9.80 Å². The van der Waals surface area contributed by atoms with Gasteiger partial charge in [0.2, 0.25) is 5.91 Å². The molecule has 0 N–H and O–H groups in total. The Bertz CT molecular complexity index is 528. The third kappa shape index (κ3) is 3.31. The van der Waals surface area contributed by atoms with Gasteiger partial charge in [-0.2, -0.15) is 0 Å². The topological polar surface area (TPSA) is 36.4 Å². The van der Waals surface area contributed by atoms with Crippen LogP contribution in [0, 0.1) is 0 Å². The molecule has 0 saturated heterocycles. The Morgan fingerprint density at radius 3 is 2.37 bits per heavy atom. The van der Waals surface area contributed by atoms with Crippen LogP contribution in [-0.2, 0) is 4.79 Å². The summed E-state index contributed by atoms with van der Waals surface area (Å²) in [6.07, 6.45) is 3.46. The maximum atomic E-state index is 12.2. The molecule has 0 fully saturated rings. The number of anilines is 2. The molecule has 0 saturated carbocycles. The number of nitrogens with zero attached hydrogens (tertiary/aromatic N) is 3. The fourth-order valence-electron chi connectivity index (χ4n) is 1.78. The molecule has 1 heterocycles. The number of hydrogen-bond donors (Lipinski definition) is 0. The zero-order valence-corrected chi connectivity index (χ0v) is 11.2. The van der Waals surface area contributed by atoms with Crippen LogP contribution in [0.5, 0.6) is 0 Å². The quantitative estimate of drug-likeness (QED) is 0.840. The monoisotopic (exact) mass is 255 g/mol. The van der Waals surface area contributed by atoms with Gasteiger partial charge < -0.3 is 9.80 Å². The SMILES string of the molecule is CN(CC(=O)N(C)c1ccccc1)c1cccnc1. The lowest BCUT2D eigenvalue weighted by atomic mass is 10.3. The fourth-order valence-corrected chi connectivity index (χ4v) is 1.78. The Labute approximate surface area is 113 Å². The number of carbonyl (C=O) groups excluding carboxylic acids is 1. The van der Waals surface area contributed by atoms with Gasteiger partial charge in [-0.05, 0) is 24.3 Å². The number of likely N-dealkylation sites (N-methyl/N-ethyl adjacent to an activating group) is 2. The van der Waals surface area contributed by atoms with Gasteiger partial charge in [-0.25, -0.2) is 0 Å². The number of pyridine rings is 1. The molecule has 0 unspecified atom stereocenters. The molecule has 0 aliphatic rings. The smallest absolute Gasteiger partial charge is 0.246 e. The molecule has 19 heavy (non-hydrogen) atoms. The van der Waals surface area contributed by atoms with Gasteiger partial charge in [-0.15, -0.1) is 0 Å². The van der Waals surface area contributed by atoms with E-state index in [1.165, 1.54) is 0 Å². The Kier molecular flexibility index (Phi) is 4.13. The second-order valence-electron chi connectivity index (χ2n) is 4.36. The van der Waals surface area contributed by atoms with Crippen molar-refractivity contribution in [2.24, 2.45) is 0 Å². The van der Waals surface area contributed by atoms with E-state index in [0.717, 1.165) is 11.4 Å². The van der Waals surface area contributed by atoms with Crippen LogP contribution in [0.15, 0.2) is 54.9 Å². The number of para-hydroxylation sites is 1. The molecule has 0 spiro atoms. The molecule has 2 rings (SSSR count). The minimum atomic E-state index is 0.0394. The highest BCUT2D eigenvalue weighted by molar-refractivity contribution is 5.95. The van der Waals surface area contributed by atoms with E-state index in [1.54, 1.807) is 24.3 Å². The van der Waals surface area contributed by atoms with Crippen LogP contribution >= 0.6 is 0 Å². The summed E-state index contributed by atoms with van der Waals surface area (Å²) in [5.41, 5.74) is 1.82. The van der Waals surface area contributed by atoms with Gasteiger partial charge in [-0.3, -0.25) is 9.78 Å². The van der Waals surface area contributed by atoms with Crippen molar-refractivity contribution in [2.75, 3.05) is 30.4 Å². The van der Waals surface area contributed by atoms with Gasteiger partial charge in [0.1, 0.15) is 0 Å². The molecular formula is C15H17N3O. The summed E-state index contributed by atoms with van der Waals surface area (Å²) in [6, 6.07) is 13.4. The van der Waals surface area contributed by atoms with Crippen LogP contribution in [0.2, 0.25) is 0 Å². The van der Waals surface area contributed by atoms with Gasteiger partial charge in [0.15, 0.2) is 0 Å². The van der Waals surface area contributed by atoms with E-state index in [2.05, 4.69) is 4.98 Å². The molecule has 0 atom stereocenters.